The molecule has 0 spiro atoms. The minimum Gasteiger partial charge on any atom is -0.332 e. The number of amides is 2. The fraction of sp³-hybridized carbons (Fsp3) is 0.946. The quantitative estimate of drug-likeness (QED) is 0.0522. The van der Waals surface area contributed by atoms with Gasteiger partial charge in [-0.25, -0.2) is 0 Å². The summed E-state index contributed by atoms with van der Waals surface area (Å²) >= 11 is 0. The lowest BCUT2D eigenvalue weighted by Gasteiger charge is -2.34. The summed E-state index contributed by atoms with van der Waals surface area (Å²) in [5.74, 6) is 0.0245. The first-order chi connectivity index (χ1) is 20.5. The van der Waals surface area contributed by atoms with Crippen LogP contribution in [0.25, 0.3) is 0 Å². The summed E-state index contributed by atoms with van der Waals surface area (Å²) in [5.41, 5.74) is 5.30. The van der Waals surface area contributed by atoms with Crippen LogP contribution < -0.4 is 16.4 Å². The van der Waals surface area contributed by atoms with Crippen molar-refractivity contribution in [3.8, 4) is 0 Å². The van der Waals surface area contributed by atoms with Gasteiger partial charge in [0, 0.05) is 19.4 Å². The standard InChI is InChI=1S/C37H75N3O2/c1-4-7-9-11-13-15-17-19-21-23-25-27-29-31-35(41)39-37(34-38,33-6-3)40-36(42)32-30-28-26-24-22-20-18-16-14-12-10-8-5-2/h4-34,38H2,1-3H3,(H,39,41)(H,40,42). The molecule has 2 amide bonds. The Balaban J connectivity index is 3.94. The van der Waals surface area contributed by atoms with Gasteiger partial charge < -0.3 is 16.4 Å². The van der Waals surface area contributed by atoms with Crippen molar-refractivity contribution in [3.63, 3.8) is 0 Å². The SMILES string of the molecule is CCCCCCCCCCCCCCCC(=O)NC(CN)(CCC)NC(=O)CCCCCCCCCCCCCCC. The highest BCUT2D eigenvalue weighted by atomic mass is 16.2. The lowest BCUT2D eigenvalue weighted by Crippen LogP contribution is -2.64. The van der Waals surface area contributed by atoms with E-state index in [1.807, 2.05) is 0 Å². The Morgan fingerprint density at radius 2 is 0.690 bits per heavy atom. The van der Waals surface area contributed by atoms with Crippen molar-refractivity contribution in [1.82, 2.24) is 10.6 Å². The van der Waals surface area contributed by atoms with E-state index in [0.717, 1.165) is 32.1 Å². The molecule has 0 aromatic carbocycles. The van der Waals surface area contributed by atoms with Gasteiger partial charge in [0.2, 0.25) is 11.8 Å². The van der Waals surface area contributed by atoms with E-state index in [-0.39, 0.29) is 18.4 Å². The molecule has 0 rings (SSSR count). The highest BCUT2D eigenvalue weighted by Crippen LogP contribution is 2.16. The molecule has 0 aliphatic carbocycles. The van der Waals surface area contributed by atoms with Gasteiger partial charge >= 0.3 is 0 Å². The Hall–Kier alpha value is -1.10. The van der Waals surface area contributed by atoms with Crippen LogP contribution in [0.3, 0.4) is 0 Å². The lowest BCUT2D eigenvalue weighted by atomic mass is 10.0. The van der Waals surface area contributed by atoms with Crippen LogP contribution in [-0.2, 0) is 9.59 Å². The Kier molecular flexibility index (Phi) is 30.5. The van der Waals surface area contributed by atoms with E-state index in [0.29, 0.717) is 19.3 Å². The van der Waals surface area contributed by atoms with E-state index < -0.39 is 5.66 Å². The van der Waals surface area contributed by atoms with E-state index in [4.69, 9.17) is 5.73 Å². The van der Waals surface area contributed by atoms with Crippen molar-refractivity contribution < 1.29 is 9.59 Å². The number of rotatable bonds is 33. The van der Waals surface area contributed by atoms with Crippen molar-refractivity contribution in [2.45, 2.75) is 219 Å². The maximum Gasteiger partial charge on any atom is 0.221 e. The third-order valence-corrected chi connectivity index (χ3v) is 8.80. The van der Waals surface area contributed by atoms with Crippen molar-refractivity contribution >= 4 is 11.8 Å². The molecule has 5 heteroatoms. The molecule has 0 saturated carbocycles. The zero-order valence-corrected chi connectivity index (χ0v) is 28.8. The van der Waals surface area contributed by atoms with E-state index in [1.165, 1.54) is 141 Å². The number of nitrogens with two attached hydrogens (primary N) is 1. The van der Waals surface area contributed by atoms with Crippen LogP contribution in [-0.4, -0.2) is 24.0 Å². The first-order valence-corrected chi connectivity index (χ1v) is 18.9. The summed E-state index contributed by atoms with van der Waals surface area (Å²) in [6.07, 6.45) is 36.2. The third-order valence-electron chi connectivity index (χ3n) is 8.80. The van der Waals surface area contributed by atoms with Gasteiger partial charge in [-0.2, -0.15) is 0 Å². The number of unbranched alkanes of at least 4 members (excludes halogenated alkanes) is 24. The Morgan fingerprint density at radius 3 is 0.929 bits per heavy atom. The van der Waals surface area contributed by atoms with Gasteiger partial charge in [-0.1, -0.05) is 181 Å². The fourth-order valence-electron chi connectivity index (χ4n) is 6.05. The summed E-state index contributed by atoms with van der Waals surface area (Å²) in [6, 6.07) is 0. The van der Waals surface area contributed by atoms with Crippen LogP contribution in [0.15, 0.2) is 0 Å². The molecular weight excluding hydrogens is 518 g/mol. The van der Waals surface area contributed by atoms with E-state index >= 15 is 0 Å². The van der Waals surface area contributed by atoms with Crippen LogP contribution in [0, 0.1) is 0 Å². The molecule has 0 aliphatic rings. The largest absolute Gasteiger partial charge is 0.332 e. The molecule has 0 bridgehead atoms. The first kappa shape index (κ1) is 40.9. The molecule has 0 radical (unpaired) electrons. The molecular formula is C37H75N3O2. The van der Waals surface area contributed by atoms with Crippen LogP contribution in [0.2, 0.25) is 0 Å². The summed E-state index contributed by atoms with van der Waals surface area (Å²) in [6.45, 7) is 6.85. The number of hydrogen-bond acceptors (Lipinski definition) is 3. The van der Waals surface area contributed by atoms with Crippen LogP contribution in [0.5, 0.6) is 0 Å². The molecule has 0 aromatic rings. The fourth-order valence-corrected chi connectivity index (χ4v) is 6.05. The minimum atomic E-state index is -0.810. The van der Waals surface area contributed by atoms with Gasteiger partial charge in [0.1, 0.15) is 5.66 Å². The van der Waals surface area contributed by atoms with Gasteiger partial charge in [-0.3, -0.25) is 9.59 Å². The summed E-state index contributed by atoms with van der Waals surface area (Å²) in [5, 5.41) is 6.22. The molecule has 250 valence electrons. The molecule has 0 saturated heterocycles. The minimum absolute atomic E-state index is 0.0123. The van der Waals surface area contributed by atoms with E-state index in [1.54, 1.807) is 0 Å². The predicted molar refractivity (Wildman–Crippen MR) is 184 cm³/mol. The van der Waals surface area contributed by atoms with Crippen molar-refractivity contribution in [1.29, 1.82) is 0 Å². The maximum atomic E-state index is 12.7. The topological polar surface area (TPSA) is 84.2 Å². The molecule has 0 heterocycles. The van der Waals surface area contributed by atoms with Crippen LogP contribution >= 0.6 is 0 Å². The smallest absolute Gasteiger partial charge is 0.221 e. The molecule has 0 fully saturated rings. The normalized spacial score (nSPS) is 11.6. The monoisotopic (exact) mass is 594 g/mol. The molecule has 42 heavy (non-hydrogen) atoms. The van der Waals surface area contributed by atoms with Gasteiger partial charge in [-0.15, -0.1) is 0 Å². The second-order valence-corrected chi connectivity index (χ2v) is 13.1. The number of nitrogens with one attached hydrogen (secondary N) is 2. The van der Waals surface area contributed by atoms with Crippen LogP contribution in [0.1, 0.15) is 213 Å². The van der Waals surface area contributed by atoms with Gasteiger partial charge in [0.15, 0.2) is 0 Å². The number of carbonyl (C=O) groups is 2. The highest BCUT2D eigenvalue weighted by Gasteiger charge is 2.31. The highest BCUT2D eigenvalue weighted by molar-refractivity contribution is 5.80. The summed E-state index contributed by atoms with van der Waals surface area (Å²) < 4.78 is 0. The zero-order valence-electron chi connectivity index (χ0n) is 28.8. The second-order valence-electron chi connectivity index (χ2n) is 13.1. The molecule has 4 N–H and O–H groups in total. The maximum absolute atomic E-state index is 12.7. The Labute approximate surface area is 263 Å². The van der Waals surface area contributed by atoms with Crippen LogP contribution in [0.4, 0.5) is 0 Å². The first-order valence-electron chi connectivity index (χ1n) is 18.9. The predicted octanol–water partition coefficient (Wildman–Crippen LogP) is 10.6. The van der Waals surface area contributed by atoms with E-state index in [2.05, 4.69) is 31.4 Å². The van der Waals surface area contributed by atoms with Crippen molar-refractivity contribution in [3.05, 3.63) is 0 Å². The average Bonchev–Trinajstić information content (AvgIpc) is 2.98. The molecule has 0 aromatic heterocycles. The molecule has 0 atom stereocenters. The number of carbonyl (C=O) groups excluding carboxylic acids is 2. The lowest BCUT2D eigenvalue weighted by molar-refractivity contribution is -0.127. The second kappa shape index (κ2) is 31.3. The molecule has 0 unspecified atom stereocenters. The van der Waals surface area contributed by atoms with Gasteiger partial charge in [-0.05, 0) is 19.3 Å². The average molecular weight is 594 g/mol. The Morgan fingerprint density at radius 1 is 0.429 bits per heavy atom. The Bertz CT molecular complexity index is 552. The van der Waals surface area contributed by atoms with Gasteiger partial charge in [0.25, 0.3) is 0 Å². The van der Waals surface area contributed by atoms with E-state index in [9.17, 15) is 9.59 Å². The van der Waals surface area contributed by atoms with Crippen molar-refractivity contribution in [2.24, 2.45) is 5.73 Å². The summed E-state index contributed by atoms with van der Waals surface area (Å²) in [4.78, 5) is 25.5. The van der Waals surface area contributed by atoms with Crippen molar-refractivity contribution in [2.75, 3.05) is 6.54 Å². The molecule has 0 aliphatic heterocycles. The molecule has 5 nitrogen and oxygen atoms in total. The zero-order chi connectivity index (χ0) is 31.0. The third kappa shape index (κ3) is 26.5. The van der Waals surface area contributed by atoms with Gasteiger partial charge in [0.05, 0.1) is 0 Å². The summed E-state index contributed by atoms with van der Waals surface area (Å²) in [7, 11) is 0. The number of hydrogen-bond donors (Lipinski definition) is 3.